The molecule has 5 nitrogen and oxygen atoms in total. The van der Waals surface area contributed by atoms with E-state index in [2.05, 4.69) is 15.1 Å². The van der Waals surface area contributed by atoms with E-state index in [1.807, 2.05) is 25.3 Å². The van der Waals surface area contributed by atoms with E-state index in [1.54, 1.807) is 12.1 Å². The number of halogens is 5. The molecule has 1 amide bonds. The van der Waals surface area contributed by atoms with Crippen LogP contribution in [0.5, 0.6) is 0 Å². The molecule has 3 rings (SSSR count). The molecule has 0 aliphatic rings. The average Bonchev–Trinajstić information content (AvgIpc) is 2.77. The first kappa shape index (κ1) is 23.3. The molecular formula is C21H15F5N4OS. The van der Waals surface area contributed by atoms with Gasteiger partial charge in [-0.15, -0.1) is 0 Å². The molecule has 0 saturated carbocycles. The summed E-state index contributed by atoms with van der Waals surface area (Å²) in [5.41, 5.74) is 3.50. The lowest BCUT2D eigenvalue weighted by molar-refractivity contribution is 0.0955. The first-order valence-corrected chi connectivity index (χ1v) is 10.0. The third-order valence-electron chi connectivity index (χ3n) is 4.15. The lowest BCUT2D eigenvalue weighted by atomic mass is 10.1. The fourth-order valence-electron chi connectivity index (χ4n) is 2.61. The molecule has 32 heavy (non-hydrogen) atoms. The zero-order chi connectivity index (χ0) is 23.4. The van der Waals surface area contributed by atoms with Crippen molar-refractivity contribution in [1.29, 1.82) is 0 Å². The summed E-state index contributed by atoms with van der Waals surface area (Å²) >= 11 is 1.43. The smallest absolute Gasteiger partial charge is 0.267 e. The van der Waals surface area contributed by atoms with Crippen molar-refractivity contribution in [2.45, 2.75) is 24.8 Å². The van der Waals surface area contributed by atoms with Crippen LogP contribution < -0.4 is 5.43 Å². The van der Waals surface area contributed by atoms with Crippen LogP contribution in [0.3, 0.4) is 0 Å². The van der Waals surface area contributed by atoms with Crippen LogP contribution in [-0.2, 0) is 5.75 Å². The van der Waals surface area contributed by atoms with Gasteiger partial charge in [-0.3, -0.25) is 4.79 Å². The van der Waals surface area contributed by atoms with Crippen LogP contribution in [0.15, 0.2) is 40.6 Å². The Bertz CT molecular complexity index is 1150. The van der Waals surface area contributed by atoms with Gasteiger partial charge in [-0.25, -0.2) is 37.3 Å². The van der Waals surface area contributed by atoms with Gasteiger partial charge in [0.25, 0.3) is 5.91 Å². The summed E-state index contributed by atoms with van der Waals surface area (Å²) < 4.78 is 66.6. The van der Waals surface area contributed by atoms with E-state index in [1.165, 1.54) is 23.9 Å². The van der Waals surface area contributed by atoms with Crippen molar-refractivity contribution >= 4 is 23.9 Å². The number of amides is 1. The highest BCUT2D eigenvalue weighted by atomic mass is 32.2. The summed E-state index contributed by atoms with van der Waals surface area (Å²) in [7, 11) is 0. The molecule has 1 heterocycles. The van der Waals surface area contributed by atoms with Gasteiger partial charge < -0.3 is 0 Å². The molecule has 2 aromatic carbocycles. The maximum absolute atomic E-state index is 13.6. The summed E-state index contributed by atoms with van der Waals surface area (Å²) in [6.45, 7) is 3.75. The number of hydrogen-bond acceptors (Lipinski definition) is 5. The molecule has 0 spiro atoms. The Morgan fingerprint density at radius 1 is 0.938 bits per heavy atom. The van der Waals surface area contributed by atoms with Crippen molar-refractivity contribution in [2.24, 2.45) is 5.10 Å². The highest BCUT2D eigenvalue weighted by Gasteiger charge is 2.24. The predicted molar refractivity (Wildman–Crippen MR) is 109 cm³/mol. The molecule has 0 radical (unpaired) electrons. The van der Waals surface area contributed by atoms with E-state index < -0.39 is 40.6 Å². The molecule has 1 N–H and O–H groups in total. The van der Waals surface area contributed by atoms with Gasteiger partial charge in [0, 0.05) is 22.7 Å². The molecule has 11 heteroatoms. The van der Waals surface area contributed by atoms with Crippen molar-refractivity contribution in [1.82, 2.24) is 15.4 Å². The third-order valence-corrected chi connectivity index (χ3v) is 5.07. The summed E-state index contributed by atoms with van der Waals surface area (Å²) in [4.78, 5) is 20.8. The molecule has 3 aromatic rings. The first-order valence-electron chi connectivity index (χ1n) is 9.06. The molecular weight excluding hydrogens is 451 g/mol. The van der Waals surface area contributed by atoms with Gasteiger partial charge in [0.15, 0.2) is 28.4 Å². The lowest BCUT2D eigenvalue weighted by Crippen LogP contribution is -2.18. The Kier molecular flexibility index (Phi) is 7.18. The monoisotopic (exact) mass is 466 g/mol. The van der Waals surface area contributed by atoms with Gasteiger partial charge in [-0.1, -0.05) is 23.9 Å². The number of nitrogens with zero attached hydrogens (tertiary/aromatic N) is 3. The van der Waals surface area contributed by atoms with E-state index in [0.29, 0.717) is 17.1 Å². The Morgan fingerprint density at radius 3 is 2.03 bits per heavy atom. The molecule has 0 fully saturated rings. The number of aryl methyl sites for hydroxylation is 2. The second-order valence-corrected chi connectivity index (χ2v) is 7.54. The minimum absolute atomic E-state index is 0.177. The highest BCUT2D eigenvalue weighted by molar-refractivity contribution is 7.98. The van der Waals surface area contributed by atoms with E-state index in [-0.39, 0.29) is 5.56 Å². The van der Waals surface area contributed by atoms with E-state index in [4.69, 9.17) is 0 Å². The van der Waals surface area contributed by atoms with Gasteiger partial charge in [-0.05, 0) is 37.6 Å². The minimum Gasteiger partial charge on any atom is -0.267 e. The normalized spacial score (nSPS) is 11.2. The fraction of sp³-hybridized carbons (Fsp3) is 0.143. The van der Waals surface area contributed by atoms with E-state index in [9.17, 15) is 26.7 Å². The predicted octanol–water partition coefficient (Wildman–Crippen LogP) is 4.85. The maximum Gasteiger partial charge on any atom is 0.271 e. The molecule has 0 aliphatic heterocycles. The number of thioether (sulfide) groups is 1. The Labute approximate surface area is 183 Å². The van der Waals surface area contributed by atoms with Crippen molar-refractivity contribution < 1.29 is 26.7 Å². The zero-order valence-corrected chi connectivity index (χ0v) is 17.5. The standard InChI is InChI=1S/C21H15F5N4OS/c1-10-7-11(2)29-21(28-10)32-9-12-3-5-13(6-4-12)20(31)30-27-8-14-15(22)17(24)19(26)18(25)16(14)23/h3-8H,9H2,1-2H3,(H,30,31). The summed E-state index contributed by atoms with van der Waals surface area (Å²) in [6.07, 6.45) is 0.350. The van der Waals surface area contributed by atoms with Crippen molar-refractivity contribution in [3.05, 3.63) is 87.5 Å². The van der Waals surface area contributed by atoms with Crippen LogP contribution >= 0.6 is 11.8 Å². The number of carbonyl (C=O) groups is 1. The topological polar surface area (TPSA) is 67.2 Å². The molecule has 0 unspecified atom stereocenters. The van der Waals surface area contributed by atoms with Gasteiger partial charge in [0.1, 0.15) is 0 Å². The van der Waals surface area contributed by atoms with Crippen molar-refractivity contribution in [2.75, 3.05) is 0 Å². The number of hydrogen-bond donors (Lipinski definition) is 1. The quantitative estimate of drug-likeness (QED) is 0.107. The first-order chi connectivity index (χ1) is 15.2. The lowest BCUT2D eigenvalue weighted by Gasteiger charge is -2.05. The van der Waals surface area contributed by atoms with Gasteiger partial charge >= 0.3 is 0 Å². The molecule has 166 valence electrons. The van der Waals surface area contributed by atoms with Crippen LogP contribution in [0.1, 0.15) is 32.9 Å². The second-order valence-electron chi connectivity index (χ2n) is 6.60. The average molecular weight is 466 g/mol. The SMILES string of the molecule is Cc1cc(C)nc(SCc2ccc(C(=O)NN=Cc3c(F)c(F)c(F)c(F)c3F)cc2)n1. The van der Waals surface area contributed by atoms with Crippen LogP contribution in [0.25, 0.3) is 0 Å². The number of benzene rings is 2. The summed E-state index contributed by atoms with van der Waals surface area (Å²) in [5, 5.41) is 3.92. The molecule has 0 aliphatic carbocycles. The minimum atomic E-state index is -2.27. The zero-order valence-electron chi connectivity index (χ0n) is 16.7. The van der Waals surface area contributed by atoms with E-state index >= 15 is 0 Å². The Morgan fingerprint density at radius 2 is 1.47 bits per heavy atom. The fourth-order valence-corrected chi connectivity index (χ4v) is 3.52. The number of rotatable bonds is 6. The Hall–Kier alpha value is -3.34. The van der Waals surface area contributed by atoms with Crippen molar-refractivity contribution in [3.8, 4) is 0 Å². The summed E-state index contributed by atoms with van der Waals surface area (Å²) in [5.74, 6) is -10.7. The largest absolute Gasteiger partial charge is 0.271 e. The molecule has 0 bridgehead atoms. The third kappa shape index (κ3) is 5.28. The number of nitrogens with one attached hydrogen (secondary N) is 1. The van der Waals surface area contributed by atoms with Crippen LogP contribution in [0, 0.1) is 42.9 Å². The van der Waals surface area contributed by atoms with Crippen LogP contribution in [-0.4, -0.2) is 22.1 Å². The number of carbonyl (C=O) groups excluding carboxylic acids is 1. The van der Waals surface area contributed by atoms with Crippen molar-refractivity contribution in [3.63, 3.8) is 0 Å². The van der Waals surface area contributed by atoms with Gasteiger partial charge in [0.05, 0.1) is 11.8 Å². The van der Waals surface area contributed by atoms with Gasteiger partial charge in [-0.2, -0.15) is 5.10 Å². The van der Waals surface area contributed by atoms with Crippen LogP contribution in [0.4, 0.5) is 22.0 Å². The number of aromatic nitrogens is 2. The maximum atomic E-state index is 13.6. The summed E-state index contributed by atoms with van der Waals surface area (Å²) in [6, 6.07) is 8.26. The van der Waals surface area contributed by atoms with Gasteiger partial charge in [0.2, 0.25) is 5.82 Å². The Balaban J connectivity index is 1.63. The highest BCUT2D eigenvalue weighted by Crippen LogP contribution is 2.22. The second kappa shape index (κ2) is 9.86. The van der Waals surface area contributed by atoms with Crippen LogP contribution in [0.2, 0.25) is 0 Å². The molecule has 0 saturated heterocycles. The number of hydrazone groups is 1. The molecule has 1 aromatic heterocycles. The van der Waals surface area contributed by atoms with E-state index in [0.717, 1.165) is 17.0 Å². The molecule has 0 atom stereocenters.